The molecule has 0 amide bonds. The van der Waals surface area contributed by atoms with E-state index in [-0.39, 0.29) is 5.69 Å². The molecule has 2 N–H and O–H groups in total. The van der Waals surface area contributed by atoms with E-state index in [0.29, 0.717) is 0 Å². The number of H-pyrrole nitrogens is 1. The molecule has 0 radical (unpaired) electrons. The number of carbonyl (C=O) groups is 2. The topological polar surface area (TPSA) is 70.2 Å². The van der Waals surface area contributed by atoms with E-state index in [0.717, 1.165) is 12.1 Å². The average Bonchev–Trinajstić information content (AvgIpc) is 2.50. The quantitative estimate of drug-likeness (QED) is 0.517. The monoisotopic (exact) mass is 167 g/mol. The van der Waals surface area contributed by atoms with Crippen LogP contribution in [0.25, 0.3) is 0 Å². The molecule has 0 fully saturated rings. The molecule has 0 bridgehead atoms. The van der Waals surface area contributed by atoms with Gasteiger partial charge >= 0.3 is 5.97 Å². The number of aromatic amines is 1. The van der Waals surface area contributed by atoms with E-state index >= 15 is 0 Å². The molecule has 0 atom stereocenters. The fourth-order valence-corrected chi connectivity index (χ4v) is 0.894. The lowest BCUT2D eigenvalue weighted by molar-refractivity contribution is -0.131. The van der Waals surface area contributed by atoms with Crippen molar-refractivity contribution in [3.63, 3.8) is 0 Å². The molecule has 4 nitrogen and oxygen atoms in total. The van der Waals surface area contributed by atoms with Crippen LogP contribution in [0.2, 0.25) is 0 Å². The maximum atomic E-state index is 10.8. The molecular formula is C8H9NO3. The van der Waals surface area contributed by atoms with E-state index in [1.54, 1.807) is 6.07 Å². The molecule has 0 aromatic carbocycles. The summed E-state index contributed by atoms with van der Waals surface area (Å²) in [5, 5.41) is 8.35. The van der Waals surface area contributed by atoms with Gasteiger partial charge in [0.1, 0.15) is 0 Å². The zero-order valence-corrected chi connectivity index (χ0v) is 6.63. The molecule has 0 spiro atoms. The molecule has 1 aromatic rings. The van der Waals surface area contributed by atoms with E-state index in [1.807, 2.05) is 6.92 Å². The van der Waals surface area contributed by atoms with Gasteiger partial charge in [-0.3, -0.25) is 4.79 Å². The molecule has 0 aliphatic heterocycles. The number of carboxylic acids is 1. The maximum absolute atomic E-state index is 10.8. The molecule has 0 unspecified atom stereocenters. The zero-order valence-electron chi connectivity index (χ0n) is 6.63. The number of carbonyl (C=O) groups excluding carboxylic acids is 1. The van der Waals surface area contributed by atoms with Crippen molar-refractivity contribution >= 4 is 11.8 Å². The molecule has 1 rings (SSSR count). The van der Waals surface area contributed by atoms with Gasteiger partial charge in [-0.05, 0) is 18.6 Å². The Kier molecular flexibility index (Phi) is 2.28. The van der Waals surface area contributed by atoms with Crippen LogP contribution < -0.4 is 0 Å². The van der Waals surface area contributed by atoms with Crippen LogP contribution in [0.3, 0.4) is 0 Å². The molecule has 64 valence electrons. The number of Topliss-reactive ketones (excluding diaryl/α,β-unsaturated/α-hetero) is 1. The fourth-order valence-electron chi connectivity index (χ4n) is 0.894. The summed E-state index contributed by atoms with van der Waals surface area (Å²) in [4.78, 5) is 23.8. The Bertz CT molecular complexity index is 314. The molecule has 1 heterocycles. The van der Waals surface area contributed by atoms with Crippen molar-refractivity contribution in [2.75, 3.05) is 0 Å². The van der Waals surface area contributed by atoms with Gasteiger partial charge in [-0.15, -0.1) is 0 Å². The van der Waals surface area contributed by atoms with Crippen LogP contribution in [0.5, 0.6) is 0 Å². The third kappa shape index (κ3) is 1.53. The predicted octanol–water partition coefficient (Wildman–Crippen LogP) is 0.844. The number of rotatable bonds is 3. The number of aliphatic carboxylic acids is 1. The second kappa shape index (κ2) is 3.21. The lowest BCUT2D eigenvalue weighted by Crippen LogP contribution is -2.12. The average molecular weight is 167 g/mol. The number of aromatic nitrogens is 1. The number of carboxylic acid groups (broad SMARTS) is 1. The number of aryl methyl sites for hydroxylation is 1. The third-order valence-electron chi connectivity index (χ3n) is 1.57. The number of hydrogen-bond donors (Lipinski definition) is 2. The molecule has 1 aromatic heterocycles. The summed E-state index contributed by atoms with van der Waals surface area (Å²) in [6, 6.07) is 3.19. The lowest BCUT2D eigenvalue weighted by atomic mass is 10.3. The second-order valence-corrected chi connectivity index (χ2v) is 2.39. The van der Waals surface area contributed by atoms with Crippen molar-refractivity contribution in [3.05, 3.63) is 23.5 Å². The summed E-state index contributed by atoms with van der Waals surface area (Å²) < 4.78 is 0. The Morgan fingerprint density at radius 3 is 2.58 bits per heavy atom. The minimum Gasteiger partial charge on any atom is -0.475 e. The first-order valence-electron chi connectivity index (χ1n) is 3.60. The Balaban J connectivity index is 2.89. The Morgan fingerprint density at radius 1 is 1.50 bits per heavy atom. The van der Waals surface area contributed by atoms with Gasteiger partial charge in [0, 0.05) is 5.69 Å². The third-order valence-corrected chi connectivity index (χ3v) is 1.57. The number of ketones is 1. The normalized spacial score (nSPS) is 9.75. The smallest absolute Gasteiger partial charge is 0.378 e. The van der Waals surface area contributed by atoms with Gasteiger partial charge in [0.15, 0.2) is 0 Å². The minimum atomic E-state index is -1.43. The molecule has 0 aliphatic carbocycles. The predicted molar refractivity (Wildman–Crippen MR) is 42.1 cm³/mol. The Labute approximate surface area is 69.2 Å². The van der Waals surface area contributed by atoms with Crippen LogP contribution in [-0.4, -0.2) is 21.8 Å². The largest absolute Gasteiger partial charge is 0.475 e. The van der Waals surface area contributed by atoms with Crippen LogP contribution in [0, 0.1) is 0 Å². The summed E-state index contributed by atoms with van der Waals surface area (Å²) in [5.41, 5.74) is 0.999. The van der Waals surface area contributed by atoms with Crippen molar-refractivity contribution in [2.45, 2.75) is 13.3 Å². The molecule has 12 heavy (non-hydrogen) atoms. The van der Waals surface area contributed by atoms with Gasteiger partial charge in [0.05, 0.1) is 5.69 Å². The van der Waals surface area contributed by atoms with E-state index in [2.05, 4.69) is 4.98 Å². The Hall–Kier alpha value is -1.58. The molecule has 0 aliphatic rings. The van der Waals surface area contributed by atoms with Crippen molar-refractivity contribution in [1.29, 1.82) is 0 Å². The summed E-state index contributed by atoms with van der Waals surface area (Å²) in [6.07, 6.45) is 0.757. The van der Waals surface area contributed by atoms with Crippen LogP contribution in [-0.2, 0) is 11.2 Å². The van der Waals surface area contributed by atoms with Gasteiger partial charge in [-0.25, -0.2) is 4.79 Å². The van der Waals surface area contributed by atoms with E-state index in [4.69, 9.17) is 5.11 Å². The van der Waals surface area contributed by atoms with Gasteiger partial charge in [0.25, 0.3) is 5.78 Å². The highest BCUT2D eigenvalue weighted by Gasteiger charge is 2.15. The van der Waals surface area contributed by atoms with Gasteiger partial charge in [-0.2, -0.15) is 0 Å². The van der Waals surface area contributed by atoms with Crippen molar-refractivity contribution in [1.82, 2.24) is 4.98 Å². The van der Waals surface area contributed by atoms with E-state index in [1.165, 1.54) is 6.07 Å². The number of hydrogen-bond acceptors (Lipinski definition) is 2. The first-order chi connectivity index (χ1) is 5.65. The second-order valence-electron chi connectivity index (χ2n) is 2.39. The van der Waals surface area contributed by atoms with E-state index in [9.17, 15) is 9.59 Å². The summed E-state index contributed by atoms with van der Waals surface area (Å²) in [5.74, 6) is -2.32. The lowest BCUT2D eigenvalue weighted by Gasteiger charge is -1.90. The highest BCUT2D eigenvalue weighted by atomic mass is 16.4. The van der Waals surface area contributed by atoms with Crippen molar-refractivity contribution in [2.24, 2.45) is 0 Å². The fraction of sp³-hybridized carbons (Fsp3) is 0.250. The molecular weight excluding hydrogens is 158 g/mol. The van der Waals surface area contributed by atoms with Crippen LogP contribution in [0.15, 0.2) is 12.1 Å². The van der Waals surface area contributed by atoms with Crippen molar-refractivity contribution < 1.29 is 14.7 Å². The van der Waals surface area contributed by atoms with Gasteiger partial charge < -0.3 is 10.1 Å². The maximum Gasteiger partial charge on any atom is 0.378 e. The van der Waals surface area contributed by atoms with Crippen LogP contribution in [0.1, 0.15) is 23.1 Å². The Morgan fingerprint density at radius 2 is 2.17 bits per heavy atom. The summed E-state index contributed by atoms with van der Waals surface area (Å²) in [6.45, 7) is 1.92. The highest BCUT2D eigenvalue weighted by molar-refractivity contribution is 6.39. The van der Waals surface area contributed by atoms with E-state index < -0.39 is 11.8 Å². The minimum absolute atomic E-state index is 0.138. The highest BCUT2D eigenvalue weighted by Crippen LogP contribution is 2.03. The SMILES string of the molecule is CCc1ccc(C(=O)C(=O)O)[nH]1. The zero-order chi connectivity index (χ0) is 9.14. The standard InChI is InChI=1S/C8H9NO3/c1-2-5-3-4-6(9-5)7(10)8(11)12/h3-4,9H,2H2,1H3,(H,11,12). The van der Waals surface area contributed by atoms with Gasteiger partial charge in [-0.1, -0.05) is 6.92 Å². The summed E-state index contributed by atoms with van der Waals surface area (Å²) >= 11 is 0. The van der Waals surface area contributed by atoms with Crippen molar-refractivity contribution in [3.8, 4) is 0 Å². The summed E-state index contributed by atoms with van der Waals surface area (Å²) in [7, 11) is 0. The first-order valence-corrected chi connectivity index (χ1v) is 3.60. The van der Waals surface area contributed by atoms with Crippen LogP contribution >= 0.6 is 0 Å². The van der Waals surface area contributed by atoms with Crippen LogP contribution in [0.4, 0.5) is 0 Å². The molecule has 0 saturated heterocycles. The molecule has 0 saturated carbocycles. The van der Waals surface area contributed by atoms with Gasteiger partial charge in [0.2, 0.25) is 0 Å². The molecule has 4 heteroatoms. The number of nitrogens with one attached hydrogen (secondary N) is 1. The first kappa shape index (κ1) is 8.52.